The first-order valence-electron chi connectivity index (χ1n) is 10.9. The Bertz CT molecular complexity index is 1120. The van der Waals surface area contributed by atoms with Crippen molar-refractivity contribution in [1.29, 1.82) is 0 Å². The normalized spacial score (nSPS) is 12.6. The van der Waals surface area contributed by atoms with Gasteiger partial charge in [0, 0.05) is 30.2 Å². The van der Waals surface area contributed by atoms with E-state index in [1.165, 1.54) is 24.1 Å². The molecule has 0 radical (unpaired) electrons. The lowest BCUT2D eigenvalue weighted by molar-refractivity contribution is -0.140. The average Bonchev–Trinajstić information content (AvgIpc) is 2.76. The average molecular weight is 529 g/mol. The first kappa shape index (κ1) is 28.1. The molecule has 1 N–H and O–H groups in total. The molecule has 0 unspecified atom stereocenters. The first-order chi connectivity index (χ1) is 15.8. The molecule has 0 spiro atoms. The molecule has 0 heterocycles. The summed E-state index contributed by atoms with van der Waals surface area (Å²) >= 11 is 12.3. The lowest BCUT2D eigenvalue weighted by atomic mass is 10.1. The van der Waals surface area contributed by atoms with Gasteiger partial charge in [0.15, 0.2) is 0 Å². The SMILES string of the molecule is Cc1ccc(S(=O)(=O)N(C)CC(=O)N(Cc2ccc(Cl)cc2Cl)[C@H](C)C(=O)NCC(C)C)cc1. The van der Waals surface area contributed by atoms with Crippen LogP contribution >= 0.6 is 23.2 Å². The Morgan fingerprint density at radius 3 is 2.21 bits per heavy atom. The van der Waals surface area contributed by atoms with Crippen molar-refractivity contribution < 1.29 is 18.0 Å². The Kier molecular flexibility index (Phi) is 9.94. The molecule has 2 aromatic carbocycles. The van der Waals surface area contributed by atoms with E-state index in [0.717, 1.165) is 9.87 Å². The Hall–Kier alpha value is -2.13. The van der Waals surface area contributed by atoms with Crippen molar-refractivity contribution in [2.24, 2.45) is 5.92 Å². The van der Waals surface area contributed by atoms with E-state index >= 15 is 0 Å². The van der Waals surface area contributed by atoms with Gasteiger partial charge in [0.1, 0.15) is 6.04 Å². The lowest BCUT2D eigenvalue weighted by Crippen LogP contribution is -2.51. The predicted octanol–water partition coefficient (Wildman–Crippen LogP) is 4.11. The Morgan fingerprint density at radius 1 is 1.03 bits per heavy atom. The van der Waals surface area contributed by atoms with Crippen LogP contribution in [0.3, 0.4) is 0 Å². The van der Waals surface area contributed by atoms with Crippen LogP contribution in [0.1, 0.15) is 31.9 Å². The van der Waals surface area contributed by atoms with E-state index in [4.69, 9.17) is 23.2 Å². The molecule has 0 aliphatic rings. The van der Waals surface area contributed by atoms with Gasteiger partial charge in [0.05, 0.1) is 11.4 Å². The third kappa shape index (κ3) is 7.43. The van der Waals surface area contributed by atoms with Crippen LogP contribution in [-0.4, -0.2) is 55.6 Å². The highest BCUT2D eigenvalue weighted by molar-refractivity contribution is 7.89. The third-order valence-corrected chi connectivity index (χ3v) is 7.70. The maximum Gasteiger partial charge on any atom is 0.243 e. The van der Waals surface area contributed by atoms with E-state index in [0.29, 0.717) is 22.2 Å². The largest absolute Gasteiger partial charge is 0.354 e. The summed E-state index contributed by atoms with van der Waals surface area (Å²) in [6, 6.07) is 10.4. The third-order valence-electron chi connectivity index (χ3n) is 5.29. The molecular formula is C24H31Cl2N3O4S. The van der Waals surface area contributed by atoms with Crippen LogP contribution in [0, 0.1) is 12.8 Å². The van der Waals surface area contributed by atoms with Gasteiger partial charge in [0.2, 0.25) is 21.8 Å². The lowest BCUT2D eigenvalue weighted by Gasteiger charge is -2.30. The molecule has 0 aromatic heterocycles. The zero-order valence-corrected chi connectivity index (χ0v) is 22.3. The molecule has 2 amide bonds. The Balaban J connectivity index is 2.29. The van der Waals surface area contributed by atoms with Crippen molar-refractivity contribution in [2.75, 3.05) is 20.1 Å². The molecule has 0 aliphatic heterocycles. The maximum atomic E-state index is 13.3. The summed E-state index contributed by atoms with van der Waals surface area (Å²) < 4.78 is 26.9. The van der Waals surface area contributed by atoms with Gasteiger partial charge in [-0.2, -0.15) is 4.31 Å². The summed E-state index contributed by atoms with van der Waals surface area (Å²) in [5, 5.41) is 3.61. The molecule has 0 saturated carbocycles. The number of nitrogens with one attached hydrogen (secondary N) is 1. The van der Waals surface area contributed by atoms with Crippen LogP contribution in [0.4, 0.5) is 0 Å². The summed E-state index contributed by atoms with van der Waals surface area (Å²) in [5.74, 6) is -0.635. The fourth-order valence-electron chi connectivity index (χ4n) is 3.12. The molecule has 2 aromatic rings. The zero-order chi connectivity index (χ0) is 25.6. The highest BCUT2D eigenvalue weighted by atomic mass is 35.5. The van der Waals surface area contributed by atoms with Gasteiger partial charge in [-0.25, -0.2) is 8.42 Å². The second-order valence-corrected chi connectivity index (χ2v) is 11.5. The van der Waals surface area contributed by atoms with Gasteiger partial charge in [0.25, 0.3) is 0 Å². The number of aryl methyl sites for hydroxylation is 1. The van der Waals surface area contributed by atoms with Crippen LogP contribution in [-0.2, 0) is 26.2 Å². The van der Waals surface area contributed by atoms with Crippen molar-refractivity contribution in [3.63, 3.8) is 0 Å². The number of carbonyl (C=O) groups excluding carboxylic acids is 2. The van der Waals surface area contributed by atoms with Crippen LogP contribution in [0.15, 0.2) is 47.4 Å². The highest BCUT2D eigenvalue weighted by Gasteiger charge is 2.30. The van der Waals surface area contributed by atoms with Crippen molar-refractivity contribution in [2.45, 2.75) is 45.2 Å². The predicted molar refractivity (Wildman–Crippen MR) is 135 cm³/mol. The molecule has 34 heavy (non-hydrogen) atoms. The van der Waals surface area contributed by atoms with Gasteiger partial charge < -0.3 is 10.2 Å². The van der Waals surface area contributed by atoms with Crippen LogP contribution in [0.2, 0.25) is 10.0 Å². The standard InChI is InChI=1S/C24H31Cl2N3O4S/c1-16(2)13-27-24(31)18(4)29(14-19-8-9-20(25)12-22(19)26)23(30)15-28(5)34(32,33)21-10-6-17(3)7-11-21/h6-12,16,18H,13-15H2,1-5H3,(H,27,31)/t18-/m1/s1. The number of amides is 2. The van der Waals surface area contributed by atoms with Crippen LogP contribution < -0.4 is 5.32 Å². The minimum absolute atomic E-state index is 0.0174. The molecule has 0 aliphatic carbocycles. The molecule has 0 fully saturated rings. The quantitative estimate of drug-likeness (QED) is 0.503. The van der Waals surface area contributed by atoms with Gasteiger partial charge in [-0.05, 0) is 49.6 Å². The van der Waals surface area contributed by atoms with Crippen LogP contribution in [0.5, 0.6) is 0 Å². The van der Waals surface area contributed by atoms with Crippen molar-refractivity contribution >= 4 is 45.0 Å². The van der Waals surface area contributed by atoms with Crippen LogP contribution in [0.25, 0.3) is 0 Å². The van der Waals surface area contributed by atoms with Crippen molar-refractivity contribution in [3.05, 3.63) is 63.6 Å². The number of hydrogen-bond donors (Lipinski definition) is 1. The van der Waals surface area contributed by atoms with E-state index in [1.54, 1.807) is 37.3 Å². The number of benzene rings is 2. The fourth-order valence-corrected chi connectivity index (χ4v) is 4.71. The summed E-state index contributed by atoms with van der Waals surface area (Å²) in [5.41, 5.74) is 1.51. The maximum absolute atomic E-state index is 13.3. The minimum atomic E-state index is -3.90. The van der Waals surface area contributed by atoms with Gasteiger partial charge in [-0.15, -0.1) is 0 Å². The fraction of sp³-hybridized carbons (Fsp3) is 0.417. The van der Waals surface area contributed by atoms with E-state index in [2.05, 4.69) is 5.32 Å². The van der Waals surface area contributed by atoms with E-state index in [9.17, 15) is 18.0 Å². The Morgan fingerprint density at radius 2 is 1.65 bits per heavy atom. The number of hydrogen-bond acceptors (Lipinski definition) is 4. The summed E-state index contributed by atoms with van der Waals surface area (Å²) in [7, 11) is -2.56. The molecule has 2 rings (SSSR count). The first-order valence-corrected chi connectivity index (χ1v) is 13.1. The summed E-state index contributed by atoms with van der Waals surface area (Å²) in [4.78, 5) is 27.5. The van der Waals surface area contributed by atoms with Gasteiger partial charge >= 0.3 is 0 Å². The molecular weight excluding hydrogens is 497 g/mol. The summed E-state index contributed by atoms with van der Waals surface area (Å²) in [6.07, 6.45) is 0. The monoisotopic (exact) mass is 527 g/mol. The second kappa shape index (κ2) is 12.0. The Labute approximate surface area is 212 Å². The summed E-state index contributed by atoms with van der Waals surface area (Å²) in [6.45, 7) is 7.42. The smallest absolute Gasteiger partial charge is 0.243 e. The molecule has 10 heteroatoms. The second-order valence-electron chi connectivity index (χ2n) is 8.65. The van der Waals surface area contributed by atoms with E-state index in [1.807, 2.05) is 20.8 Å². The topological polar surface area (TPSA) is 86.8 Å². The zero-order valence-electron chi connectivity index (χ0n) is 20.0. The van der Waals surface area contributed by atoms with Crippen molar-refractivity contribution in [3.8, 4) is 0 Å². The molecule has 7 nitrogen and oxygen atoms in total. The molecule has 1 atom stereocenters. The number of likely N-dealkylation sites (N-methyl/N-ethyl adjacent to an activating group) is 1. The number of nitrogens with zero attached hydrogens (tertiary/aromatic N) is 2. The van der Waals surface area contributed by atoms with E-state index < -0.39 is 28.5 Å². The number of halogens is 2. The number of carbonyl (C=O) groups is 2. The molecule has 0 saturated heterocycles. The molecule has 0 bridgehead atoms. The minimum Gasteiger partial charge on any atom is -0.354 e. The molecule has 186 valence electrons. The highest BCUT2D eigenvalue weighted by Crippen LogP contribution is 2.24. The van der Waals surface area contributed by atoms with Crippen molar-refractivity contribution in [1.82, 2.24) is 14.5 Å². The van der Waals surface area contributed by atoms with Gasteiger partial charge in [-0.3, -0.25) is 9.59 Å². The number of rotatable bonds is 10. The van der Waals surface area contributed by atoms with Gasteiger partial charge in [-0.1, -0.05) is 60.8 Å². The number of sulfonamides is 1. The van der Waals surface area contributed by atoms with E-state index in [-0.39, 0.29) is 23.3 Å².